The van der Waals surface area contributed by atoms with E-state index in [1.165, 1.54) is 0 Å². The fourth-order valence-corrected chi connectivity index (χ4v) is 2.26. The van der Waals surface area contributed by atoms with Crippen LogP contribution in [-0.2, 0) is 4.74 Å². The first-order chi connectivity index (χ1) is 9.10. The zero-order chi connectivity index (χ0) is 13.8. The summed E-state index contributed by atoms with van der Waals surface area (Å²) in [5, 5.41) is 0. The quantitative estimate of drug-likeness (QED) is 0.903. The van der Waals surface area contributed by atoms with E-state index in [1.807, 2.05) is 26.0 Å². The van der Waals surface area contributed by atoms with Crippen LogP contribution in [0.1, 0.15) is 26.7 Å². The van der Waals surface area contributed by atoms with Crippen molar-refractivity contribution in [2.24, 2.45) is 0 Å². The van der Waals surface area contributed by atoms with Crippen molar-refractivity contribution < 1.29 is 9.47 Å². The number of pyridine rings is 1. The molecule has 0 bridgehead atoms. The van der Waals surface area contributed by atoms with Gasteiger partial charge in [-0.25, -0.2) is 0 Å². The van der Waals surface area contributed by atoms with Gasteiger partial charge in [0.2, 0.25) is 5.88 Å². The monoisotopic (exact) mass is 265 g/mol. The molecule has 1 aromatic heterocycles. The number of rotatable bonds is 4. The first kappa shape index (κ1) is 13.9. The molecule has 5 nitrogen and oxygen atoms in total. The van der Waals surface area contributed by atoms with E-state index in [9.17, 15) is 0 Å². The molecule has 2 N–H and O–H groups in total. The lowest BCUT2D eigenvalue weighted by molar-refractivity contribution is 0.0817. The number of ether oxygens (including phenoxy) is 2. The molecule has 0 radical (unpaired) electrons. The molecule has 0 unspecified atom stereocenters. The van der Waals surface area contributed by atoms with Gasteiger partial charge in [0.1, 0.15) is 5.82 Å². The van der Waals surface area contributed by atoms with E-state index >= 15 is 0 Å². The van der Waals surface area contributed by atoms with Crippen LogP contribution >= 0.6 is 0 Å². The van der Waals surface area contributed by atoms with Gasteiger partial charge in [-0.1, -0.05) is 0 Å². The predicted molar refractivity (Wildman–Crippen MR) is 76.7 cm³/mol. The molecular formula is C14H23N3O2. The van der Waals surface area contributed by atoms with E-state index in [2.05, 4.69) is 9.88 Å². The van der Waals surface area contributed by atoms with Crippen molar-refractivity contribution in [1.29, 1.82) is 0 Å². The highest BCUT2D eigenvalue weighted by Crippen LogP contribution is 2.26. The summed E-state index contributed by atoms with van der Waals surface area (Å²) in [5.41, 5.74) is 6.47. The fraction of sp³-hybridized carbons (Fsp3) is 0.643. The summed E-state index contributed by atoms with van der Waals surface area (Å²) >= 11 is 0. The molecule has 2 rings (SSSR count). The standard InChI is InChI=1S/C14H23N3O2/c1-10(2)19-14-12(15)4-5-13(16-14)17-8-6-11(18-3)7-9-17/h4-5,10-11H,6-9,15H2,1-3H3. The van der Waals surface area contributed by atoms with Crippen molar-refractivity contribution in [3.8, 4) is 5.88 Å². The van der Waals surface area contributed by atoms with Gasteiger partial charge in [0.05, 0.1) is 17.9 Å². The lowest BCUT2D eigenvalue weighted by atomic mass is 10.1. The molecule has 0 aromatic carbocycles. The van der Waals surface area contributed by atoms with E-state index < -0.39 is 0 Å². The first-order valence-electron chi connectivity index (χ1n) is 6.81. The van der Waals surface area contributed by atoms with Crippen molar-refractivity contribution >= 4 is 11.5 Å². The summed E-state index contributed by atoms with van der Waals surface area (Å²) in [5.74, 6) is 1.46. The van der Waals surface area contributed by atoms with Gasteiger partial charge in [-0.05, 0) is 38.8 Å². The Balaban J connectivity index is 2.08. The third kappa shape index (κ3) is 3.50. The summed E-state index contributed by atoms with van der Waals surface area (Å²) in [6, 6.07) is 3.82. The molecule has 0 aliphatic carbocycles. The van der Waals surface area contributed by atoms with Crippen LogP contribution in [-0.4, -0.2) is 37.4 Å². The molecule has 1 saturated heterocycles. The van der Waals surface area contributed by atoms with Gasteiger partial charge in [-0.2, -0.15) is 4.98 Å². The number of aromatic nitrogens is 1. The van der Waals surface area contributed by atoms with Crippen LogP contribution in [0.4, 0.5) is 11.5 Å². The van der Waals surface area contributed by atoms with Crippen molar-refractivity contribution in [3.63, 3.8) is 0 Å². The Hall–Kier alpha value is -1.49. The molecule has 1 aliphatic rings. The second-order valence-corrected chi connectivity index (χ2v) is 5.15. The topological polar surface area (TPSA) is 60.6 Å². The van der Waals surface area contributed by atoms with Crippen molar-refractivity contribution in [3.05, 3.63) is 12.1 Å². The highest BCUT2D eigenvalue weighted by molar-refractivity contribution is 5.54. The highest BCUT2D eigenvalue weighted by atomic mass is 16.5. The highest BCUT2D eigenvalue weighted by Gasteiger charge is 2.20. The molecule has 0 atom stereocenters. The van der Waals surface area contributed by atoms with Crippen LogP contribution in [0.2, 0.25) is 0 Å². The largest absolute Gasteiger partial charge is 0.473 e. The van der Waals surface area contributed by atoms with E-state index in [1.54, 1.807) is 7.11 Å². The number of hydrogen-bond acceptors (Lipinski definition) is 5. The van der Waals surface area contributed by atoms with Gasteiger partial charge < -0.3 is 20.1 Å². The zero-order valence-electron chi connectivity index (χ0n) is 11.9. The Kier molecular flexibility index (Phi) is 4.47. The molecule has 0 amide bonds. The Morgan fingerprint density at radius 2 is 2.00 bits per heavy atom. The summed E-state index contributed by atoms with van der Waals surface area (Å²) in [7, 11) is 1.77. The summed E-state index contributed by atoms with van der Waals surface area (Å²) < 4.78 is 11.0. The van der Waals surface area contributed by atoms with Gasteiger partial charge in [-0.3, -0.25) is 0 Å². The lowest BCUT2D eigenvalue weighted by Gasteiger charge is -2.32. The number of nitrogens with zero attached hydrogens (tertiary/aromatic N) is 2. The second-order valence-electron chi connectivity index (χ2n) is 5.15. The Labute approximate surface area is 114 Å². The molecular weight excluding hydrogens is 242 g/mol. The van der Waals surface area contributed by atoms with E-state index in [0.29, 0.717) is 17.7 Å². The Bertz CT molecular complexity index is 415. The van der Waals surface area contributed by atoms with Crippen molar-refractivity contribution in [1.82, 2.24) is 4.98 Å². The van der Waals surface area contributed by atoms with Crippen LogP contribution in [0.15, 0.2) is 12.1 Å². The predicted octanol–water partition coefficient (Wildman–Crippen LogP) is 2.07. The van der Waals surface area contributed by atoms with Gasteiger partial charge in [0.25, 0.3) is 0 Å². The Morgan fingerprint density at radius 3 is 2.58 bits per heavy atom. The number of hydrogen-bond donors (Lipinski definition) is 1. The van der Waals surface area contributed by atoms with Crippen LogP contribution in [0.25, 0.3) is 0 Å². The van der Waals surface area contributed by atoms with E-state index in [-0.39, 0.29) is 6.10 Å². The normalized spacial score (nSPS) is 16.9. The maximum atomic E-state index is 5.88. The molecule has 19 heavy (non-hydrogen) atoms. The smallest absolute Gasteiger partial charge is 0.239 e. The Morgan fingerprint density at radius 1 is 1.32 bits per heavy atom. The maximum absolute atomic E-state index is 5.88. The minimum absolute atomic E-state index is 0.0734. The van der Waals surface area contributed by atoms with Crippen molar-refractivity contribution in [2.75, 3.05) is 30.8 Å². The maximum Gasteiger partial charge on any atom is 0.239 e. The fourth-order valence-electron chi connectivity index (χ4n) is 2.26. The minimum atomic E-state index is 0.0734. The number of piperidine rings is 1. The first-order valence-corrected chi connectivity index (χ1v) is 6.81. The zero-order valence-corrected chi connectivity index (χ0v) is 11.9. The average molecular weight is 265 g/mol. The summed E-state index contributed by atoms with van der Waals surface area (Å²) in [6.45, 7) is 5.85. The summed E-state index contributed by atoms with van der Waals surface area (Å²) in [4.78, 5) is 6.78. The van der Waals surface area contributed by atoms with Gasteiger partial charge in [0, 0.05) is 20.2 Å². The number of anilines is 2. The lowest BCUT2D eigenvalue weighted by Crippen LogP contribution is -2.37. The molecule has 1 fully saturated rings. The molecule has 2 heterocycles. The number of nitrogens with two attached hydrogens (primary N) is 1. The van der Waals surface area contributed by atoms with Gasteiger partial charge in [-0.15, -0.1) is 0 Å². The SMILES string of the molecule is COC1CCN(c2ccc(N)c(OC(C)C)n2)CC1. The minimum Gasteiger partial charge on any atom is -0.473 e. The molecule has 1 aromatic rings. The number of methoxy groups -OCH3 is 1. The molecule has 0 saturated carbocycles. The molecule has 106 valence electrons. The van der Waals surface area contributed by atoms with Gasteiger partial charge >= 0.3 is 0 Å². The summed E-state index contributed by atoms with van der Waals surface area (Å²) in [6.07, 6.45) is 2.51. The molecule has 5 heteroatoms. The van der Waals surface area contributed by atoms with Crippen LogP contribution < -0.4 is 15.4 Å². The average Bonchev–Trinajstić information content (AvgIpc) is 2.41. The van der Waals surface area contributed by atoms with E-state index in [0.717, 1.165) is 31.7 Å². The molecule has 1 aliphatic heterocycles. The van der Waals surface area contributed by atoms with Gasteiger partial charge in [0.15, 0.2) is 0 Å². The van der Waals surface area contributed by atoms with Crippen molar-refractivity contribution in [2.45, 2.75) is 38.9 Å². The third-order valence-electron chi connectivity index (χ3n) is 3.32. The number of nitrogen functional groups attached to an aromatic ring is 1. The van der Waals surface area contributed by atoms with Crippen LogP contribution in [0.3, 0.4) is 0 Å². The molecule has 0 spiro atoms. The second kappa shape index (κ2) is 6.10. The van der Waals surface area contributed by atoms with E-state index in [4.69, 9.17) is 15.2 Å². The van der Waals surface area contributed by atoms with Crippen LogP contribution in [0, 0.1) is 0 Å². The van der Waals surface area contributed by atoms with Crippen LogP contribution in [0.5, 0.6) is 5.88 Å². The third-order valence-corrected chi connectivity index (χ3v) is 3.32.